The number of methoxy groups -OCH3 is 1. The number of ketones is 2. The van der Waals surface area contributed by atoms with Gasteiger partial charge in [-0.25, -0.2) is 4.79 Å². The van der Waals surface area contributed by atoms with Crippen LogP contribution < -0.4 is 21.1 Å². The topological polar surface area (TPSA) is 209 Å². The van der Waals surface area contributed by atoms with Gasteiger partial charge in [0.1, 0.15) is 28.6 Å². The minimum atomic E-state index is -2.65. The Hall–Kier alpha value is -4.84. The molecule has 0 spiro atoms. The predicted octanol–water partition coefficient (Wildman–Crippen LogP) is 3.20. The van der Waals surface area contributed by atoms with Crippen LogP contribution in [0.1, 0.15) is 49.3 Å². The first-order valence-corrected chi connectivity index (χ1v) is 13.4. The lowest BCUT2D eigenvalue weighted by molar-refractivity contribution is -0.147. The number of aliphatic hydroxyl groups excluding tert-OH is 2. The van der Waals surface area contributed by atoms with Crippen LogP contribution in [0, 0.1) is 11.8 Å². The van der Waals surface area contributed by atoms with Crippen LogP contribution in [0.2, 0.25) is 0 Å². The fraction of sp³-hybridized carbons (Fsp3) is 0.333. The fourth-order valence-electron chi connectivity index (χ4n) is 6.29. The number of hydrogen-bond acceptors (Lipinski definition) is 9. The van der Waals surface area contributed by atoms with E-state index in [-0.39, 0.29) is 35.6 Å². The van der Waals surface area contributed by atoms with Crippen molar-refractivity contribution in [2.24, 2.45) is 17.6 Å². The average molecular weight is 578 g/mol. The largest absolute Gasteiger partial charge is 0.508 e. The molecule has 0 bridgehead atoms. The Balaban J connectivity index is 1.57. The van der Waals surface area contributed by atoms with Gasteiger partial charge < -0.3 is 41.5 Å². The summed E-state index contributed by atoms with van der Waals surface area (Å²) in [5.41, 5.74) is 3.06. The van der Waals surface area contributed by atoms with Crippen molar-refractivity contribution in [1.29, 1.82) is 0 Å². The number of carbonyl (C=O) groups excluding carboxylic acids is 4. The number of nitrogens with one attached hydrogen (secondary N) is 2. The maximum atomic E-state index is 13.8. The normalized spacial score (nSPS) is 23.3. The molecule has 42 heavy (non-hydrogen) atoms. The summed E-state index contributed by atoms with van der Waals surface area (Å²) < 4.78 is 5.11. The zero-order valence-electron chi connectivity index (χ0n) is 23.1. The van der Waals surface area contributed by atoms with Gasteiger partial charge >= 0.3 is 6.03 Å². The number of phenols is 1. The van der Waals surface area contributed by atoms with E-state index in [0.29, 0.717) is 22.6 Å². The van der Waals surface area contributed by atoms with E-state index in [1.54, 1.807) is 30.3 Å². The maximum Gasteiger partial charge on any atom is 0.323 e. The molecule has 2 aromatic rings. The van der Waals surface area contributed by atoms with E-state index in [1.165, 1.54) is 7.11 Å². The molecule has 0 saturated heterocycles. The highest BCUT2D eigenvalue weighted by atomic mass is 16.5. The predicted molar refractivity (Wildman–Crippen MR) is 151 cm³/mol. The van der Waals surface area contributed by atoms with E-state index in [4.69, 9.17) is 10.5 Å². The summed E-state index contributed by atoms with van der Waals surface area (Å²) >= 11 is 0. The molecule has 0 radical (unpaired) electrons. The van der Waals surface area contributed by atoms with Crippen LogP contribution >= 0.6 is 0 Å². The molecule has 3 amide bonds. The Morgan fingerprint density at radius 2 is 1.74 bits per heavy atom. The molecule has 3 atom stereocenters. The number of Topliss-reactive ketones (excluding diaryl/α,β-unsaturated/α-hetero) is 2. The van der Waals surface area contributed by atoms with Crippen molar-refractivity contribution >= 4 is 40.6 Å². The average Bonchev–Trinajstić information content (AvgIpc) is 2.92. The minimum Gasteiger partial charge on any atom is -0.508 e. The molecular weight excluding hydrogens is 546 g/mol. The summed E-state index contributed by atoms with van der Waals surface area (Å²) in [6.07, 6.45) is -0.185. The van der Waals surface area contributed by atoms with Crippen LogP contribution in [0.15, 0.2) is 47.2 Å². The van der Waals surface area contributed by atoms with Crippen molar-refractivity contribution in [3.8, 4) is 11.5 Å². The molecule has 0 aromatic heterocycles. The lowest BCUT2D eigenvalue weighted by Crippen LogP contribution is -2.58. The van der Waals surface area contributed by atoms with Gasteiger partial charge in [0, 0.05) is 23.6 Å². The molecule has 1 saturated carbocycles. The molecule has 3 aliphatic carbocycles. The lowest BCUT2D eigenvalue weighted by Gasteiger charge is -2.46. The number of amides is 3. The first-order valence-electron chi connectivity index (χ1n) is 13.4. The Morgan fingerprint density at radius 3 is 2.33 bits per heavy atom. The van der Waals surface area contributed by atoms with Gasteiger partial charge in [0.2, 0.25) is 5.78 Å². The van der Waals surface area contributed by atoms with Crippen LogP contribution in [0.4, 0.5) is 16.2 Å². The van der Waals surface area contributed by atoms with Gasteiger partial charge in [-0.1, -0.05) is 13.8 Å². The van der Waals surface area contributed by atoms with E-state index < -0.39 is 70.2 Å². The number of phenolic OH excluding ortho intramolecular Hbond substituents is 1. The van der Waals surface area contributed by atoms with E-state index in [2.05, 4.69) is 10.6 Å². The number of ether oxygens (including phenoxy) is 1. The van der Waals surface area contributed by atoms with Crippen LogP contribution in [0.25, 0.3) is 5.76 Å². The molecule has 2 aromatic carbocycles. The summed E-state index contributed by atoms with van der Waals surface area (Å²) in [5.74, 6) is -6.64. The van der Waals surface area contributed by atoms with E-state index >= 15 is 0 Å². The molecule has 12 heteroatoms. The van der Waals surface area contributed by atoms with Gasteiger partial charge in [-0.3, -0.25) is 14.4 Å². The Bertz CT molecular complexity index is 1610. The number of aromatic hydroxyl groups is 1. The number of fused-ring (bicyclic) bond motifs is 3. The SMILES string of the molecule is COc1ccc(NC(=O)Nc2cc(C(C)C)c3c(c2O)C(O)=C2C(=O)[C@]4(O)C(O)=C(C(N)=O)C(=O)C[C@@H]4C[C@@H]2C3)cc1. The molecule has 0 aliphatic heterocycles. The minimum absolute atomic E-state index is 0.0315. The van der Waals surface area contributed by atoms with Crippen molar-refractivity contribution in [3.05, 3.63) is 63.9 Å². The van der Waals surface area contributed by atoms with Crippen molar-refractivity contribution in [2.45, 2.75) is 44.6 Å². The molecule has 0 heterocycles. The first kappa shape index (κ1) is 28.7. The highest BCUT2D eigenvalue weighted by Crippen LogP contribution is 2.53. The number of nitrogens with two attached hydrogens (primary N) is 1. The van der Waals surface area contributed by atoms with E-state index in [0.717, 1.165) is 0 Å². The Kier molecular flexibility index (Phi) is 6.97. The lowest BCUT2D eigenvalue weighted by atomic mass is 9.59. The van der Waals surface area contributed by atoms with Gasteiger partial charge in [-0.15, -0.1) is 0 Å². The van der Waals surface area contributed by atoms with Gasteiger partial charge in [0.25, 0.3) is 5.91 Å². The third-order valence-electron chi connectivity index (χ3n) is 8.32. The molecule has 8 N–H and O–H groups in total. The second-order valence-corrected chi connectivity index (χ2v) is 11.1. The zero-order chi connectivity index (χ0) is 30.7. The van der Waals surface area contributed by atoms with Crippen LogP contribution in [-0.4, -0.2) is 56.6 Å². The number of benzene rings is 2. The second kappa shape index (κ2) is 10.2. The third-order valence-corrected chi connectivity index (χ3v) is 8.32. The standard InChI is InChI=1S/C30H31N3O9/c1-12(2)17-11-19(33-29(40)32-15-4-6-16(42-3)7-5-15)24(35)22-18(17)9-13-8-14-10-20(34)23(28(31)39)27(38)30(14,41)26(37)21(13)25(22)36/h4-7,11-14,35-36,38,41H,8-10H2,1-3H3,(H2,31,39)(H2,32,33,40)/t13-,14+,30+/m1/s1. The smallest absolute Gasteiger partial charge is 0.323 e. The molecular formula is C30H31N3O9. The van der Waals surface area contributed by atoms with Gasteiger partial charge in [-0.05, 0) is 66.1 Å². The summed E-state index contributed by atoms with van der Waals surface area (Å²) in [5, 5.41) is 50.1. The Morgan fingerprint density at radius 1 is 1.07 bits per heavy atom. The Labute approximate surface area is 240 Å². The van der Waals surface area contributed by atoms with E-state index in [1.807, 2.05) is 13.8 Å². The first-order chi connectivity index (χ1) is 19.8. The summed E-state index contributed by atoms with van der Waals surface area (Å²) in [7, 11) is 1.51. The molecule has 5 rings (SSSR count). The van der Waals surface area contributed by atoms with Crippen LogP contribution in [0.5, 0.6) is 11.5 Å². The third kappa shape index (κ3) is 4.35. The van der Waals surface area contributed by atoms with Gasteiger partial charge in [0.15, 0.2) is 11.4 Å². The number of urea groups is 1. The molecule has 1 fully saturated rings. The molecule has 3 aliphatic rings. The molecule has 12 nitrogen and oxygen atoms in total. The number of aliphatic hydroxyl groups is 3. The van der Waals surface area contributed by atoms with Crippen LogP contribution in [-0.2, 0) is 20.8 Å². The number of carbonyl (C=O) groups is 4. The van der Waals surface area contributed by atoms with Crippen molar-refractivity contribution in [3.63, 3.8) is 0 Å². The maximum absolute atomic E-state index is 13.8. The second-order valence-electron chi connectivity index (χ2n) is 11.1. The van der Waals surface area contributed by atoms with Crippen molar-refractivity contribution in [2.75, 3.05) is 17.7 Å². The summed E-state index contributed by atoms with van der Waals surface area (Å²) in [6.45, 7) is 3.78. The fourth-order valence-corrected chi connectivity index (χ4v) is 6.29. The zero-order valence-corrected chi connectivity index (χ0v) is 23.1. The van der Waals surface area contributed by atoms with Gasteiger partial charge in [0.05, 0.1) is 18.4 Å². The van der Waals surface area contributed by atoms with E-state index in [9.17, 15) is 39.6 Å². The number of rotatable bonds is 5. The summed E-state index contributed by atoms with van der Waals surface area (Å²) in [4.78, 5) is 51.0. The van der Waals surface area contributed by atoms with Crippen LogP contribution in [0.3, 0.4) is 0 Å². The number of anilines is 2. The van der Waals surface area contributed by atoms with Crippen molar-refractivity contribution in [1.82, 2.24) is 0 Å². The highest BCUT2D eigenvalue weighted by molar-refractivity contribution is 6.22. The number of primary amides is 1. The monoisotopic (exact) mass is 577 g/mol. The highest BCUT2D eigenvalue weighted by Gasteiger charge is 2.60. The molecule has 220 valence electrons. The van der Waals surface area contributed by atoms with Crippen molar-refractivity contribution < 1.29 is 44.3 Å². The number of hydrogen-bond donors (Lipinski definition) is 7. The summed E-state index contributed by atoms with van der Waals surface area (Å²) in [6, 6.07) is 7.48. The van der Waals surface area contributed by atoms with Gasteiger partial charge in [-0.2, -0.15) is 0 Å². The quantitative estimate of drug-likeness (QED) is 0.205. The molecule has 0 unspecified atom stereocenters.